The number of hydrogen-bond donors (Lipinski definition) is 2. The summed E-state index contributed by atoms with van der Waals surface area (Å²) in [4.78, 5) is 0. The van der Waals surface area contributed by atoms with Gasteiger partial charge in [-0.15, -0.1) is 0 Å². The third-order valence-corrected chi connectivity index (χ3v) is 2.58. The molecule has 2 nitrogen and oxygen atoms in total. The number of nitrogens with one attached hydrogen (secondary N) is 1. The molecular formula is C14H13F2NO. The fraction of sp³-hybridized carbons (Fsp3) is 0.143. The van der Waals surface area contributed by atoms with Crippen LogP contribution < -0.4 is 5.32 Å². The van der Waals surface area contributed by atoms with Crippen molar-refractivity contribution >= 4 is 5.69 Å². The minimum Gasteiger partial charge on any atom is -0.387 e. The minimum atomic E-state index is -0.770. The molecule has 0 bridgehead atoms. The van der Waals surface area contributed by atoms with Gasteiger partial charge in [-0.05, 0) is 35.9 Å². The average molecular weight is 249 g/mol. The number of rotatable bonds is 4. The number of benzene rings is 2. The molecule has 0 saturated carbocycles. The first-order valence-electron chi connectivity index (χ1n) is 5.58. The van der Waals surface area contributed by atoms with Crippen LogP contribution in [0.3, 0.4) is 0 Å². The van der Waals surface area contributed by atoms with Crippen LogP contribution in [0.15, 0.2) is 48.5 Å². The van der Waals surface area contributed by atoms with E-state index < -0.39 is 6.10 Å². The zero-order chi connectivity index (χ0) is 13.0. The number of aliphatic hydroxyl groups is 1. The van der Waals surface area contributed by atoms with Crippen molar-refractivity contribution in [3.63, 3.8) is 0 Å². The average Bonchev–Trinajstić information content (AvgIpc) is 2.37. The molecule has 0 aliphatic rings. The van der Waals surface area contributed by atoms with Gasteiger partial charge in [-0.2, -0.15) is 0 Å². The molecule has 94 valence electrons. The van der Waals surface area contributed by atoms with E-state index in [0.29, 0.717) is 11.3 Å². The maximum absolute atomic E-state index is 12.9. The fourth-order valence-electron chi connectivity index (χ4n) is 1.62. The van der Waals surface area contributed by atoms with Crippen LogP contribution in [-0.4, -0.2) is 11.7 Å². The summed E-state index contributed by atoms with van der Waals surface area (Å²) in [5.41, 5.74) is 1.21. The monoisotopic (exact) mass is 249 g/mol. The van der Waals surface area contributed by atoms with Gasteiger partial charge in [-0.25, -0.2) is 8.78 Å². The van der Waals surface area contributed by atoms with Gasteiger partial charge in [0.25, 0.3) is 0 Å². The van der Waals surface area contributed by atoms with E-state index in [2.05, 4.69) is 5.32 Å². The summed E-state index contributed by atoms with van der Waals surface area (Å²) in [5, 5.41) is 12.8. The van der Waals surface area contributed by atoms with Gasteiger partial charge in [0.1, 0.15) is 11.6 Å². The summed E-state index contributed by atoms with van der Waals surface area (Å²) < 4.78 is 25.6. The van der Waals surface area contributed by atoms with Crippen molar-refractivity contribution in [1.82, 2.24) is 0 Å². The summed E-state index contributed by atoms with van der Waals surface area (Å²) in [6.07, 6.45) is -0.770. The molecule has 0 fully saturated rings. The van der Waals surface area contributed by atoms with Crippen LogP contribution >= 0.6 is 0 Å². The van der Waals surface area contributed by atoms with Crippen molar-refractivity contribution in [1.29, 1.82) is 0 Å². The molecule has 2 aromatic carbocycles. The van der Waals surface area contributed by atoms with Crippen molar-refractivity contribution in [2.75, 3.05) is 11.9 Å². The molecule has 0 aliphatic carbocycles. The van der Waals surface area contributed by atoms with Crippen molar-refractivity contribution in [3.05, 3.63) is 65.7 Å². The Balaban J connectivity index is 1.96. The highest BCUT2D eigenvalue weighted by atomic mass is 19.1. The van der Waals surface area contributed by atoms with Crippen LogP contribution in [0, 0.1) is 11.6 Å². The molecule has 0 heterocycles. The fourth-order valence-corrected chi connectivity index (χ4v) is 1.62. The molecule has 4 heteroatoms. The van der Waals surface area contributed by atoms with Gasteiger partial charge in [0.05, 0.1) is 6.10 Å². The topological polar surface area (TPSA) is 32.3 Å². The molecule has 18 heavy (non-hydrogen) atoms. The highest BCUT2D eigenvalue weighted by molar-refractivity contribution is 5.43. The molecule has 2 N–H and O–H groups in total. The first-order chi connectivity index (χ1) is 8.65. The quantitative estimate of drug-likeness (QED) is 0.872. The van der Waals surface area contributed by atoms with Crippen LogP contribution in [0.25, 0.3) is 0 Å². The highest BCUT2D eigenvalue weighted by Crippen LogP contribution is 2.15. The Labute approximate surface area is 104 Å². The lowest BCUT2D eigenvalue weighted by atomic mass is 10.1. The molecule has 0 amide bonds. The Morgan fingerprint density at radius 1 is 1.00 bits per heavy atom. The normalized spacial score (nSPS) is 12.2. The summed E-state index contributed by atoms with van der Waals surface area (Å²) in [6, 6.07) is 11.6. The minimum absolute atomic E-state index is 0.231. The Bertz CT molecular complexity index is 513. The molecule has 1 atom stereocenters. The van der Waals surface area contributed by atoms with E-state index >= 15 is 0 Å². The van der Waals surface area contributed by atoms with Gasteiger partial charge < -0.3 is 10.4 Å². The van der Waals surface area contributed by atoms with Crippen LogP contribution in [0.1, 0.15) is 11.7 Å². The summed E-state index contributed by atoms with van der Waals surface area (Å²) in [7, 11) is 0. The van der Waals surface area contributed by atoms with Crippen LogP contribution in [-0.2, 0) is 0 Å². The maximum Gasteiger partial charge on any atom is 0.125 e. The molecule has 0 saturated heterocycles. The van der Waals surface area contributed by atoms with E-state index in [1.807, 2.05) is 0 Å². The number of hydrogen-bond acceptors (Lipinski definition) is 2. The Hall–Kier alpha value is -1.94. The van der Waals surface area contributed by atoms with E-state index in [0.717, 1.165) is 0 Å². The SMILES string of the molecule is OC(CNc1cccc(F)c1)c1ccc(F)cc1. The standard InChI is InChI=1S/C14H13F2NO/c15-11-6-4-10(5-7-11)14(18)9-17-13-3-1-2-12(16)8-13/h1-8,14,17-18H,9H2. The molecule has 2 aromatic rings. The molecule has 0 radical (unpaired) electrons. The maximum atomic E-state index is 12.9. The summed E-state index contributed by atoms with van der Waals surface area (Å²) in [5.74, 6) is -0.680. The van der Waals surface area contributed by atoms with Crippen LogP contribution in [0.4, 0.5) is 14.5 Å². The molecule has 0 aliphatic heterocycles. The van der Waals surface area contributed by atoms with Gasteiger partial charge in [0.2, 0.25) is 0 Å². The molecule has 2 rings (SSSR count). The Morgan fingerprint density at radius 2 is 1.72 bits per heavy atom. The Morgan fingerprint density at radius 3 is 2.39 bits per heavy atom. The zero-order valence-corrected chi connectivity index (χ0v) is 9.61. The zero-order valence-electron chi connectivity index (χ0n) is 9.61. The van der Waals surface area contributed by atoms with E-state index in [-0.39, 0.29) is 18.2 Å². The first-order valence-corrected chi connectivity index (χ1v) is 5.58. The predicted octanol–water partition coefficient (Wildman–Crippen LogP) is 3.11. The molecular weight excluding hydrogens is 236 g/mol. The largest absolute Gasteiger partial charge is 0.387 e. The lowest BCUT2D eigenvalue weighted by Gasteiger charge is -2.13. The second-order valence-corrected chi connectivity index (χ2v) is 3.96. The first kappa shape index (κ1) is 12.5. The van der Waals surface area contributed by atoms with E-state index in [9.17, 15) is 13.9 Å². The number of aliphatic hydroxyl groups excluding tert-OH is 1. The van der Waals surface area contributed by atoms with Gasteiger partial charge >= 0.3 is 0 Å². The van der Waals surface area contributed by atoms with E-state index in [4.69, 9.17) is 0 Å². The molecule has 0 aromatic heterocycles. The van der Waals surface area contributed by atoms with Crippen molar-refractivity contribution in [2.24, 2.45) is 0 Å². The third kappa shape index (κ3) is 3.28. The van der Waals surface area contributed by atoms with Gasteiger partial charge in [0.15, 0.2) is 0 Å². The van der Waals surface area contributed by atoms with Crippen molar-refractivity contribution in [3.8, 4) is 0 Å². The predicted molar refractivity (Wildman–Crippen MR) is 66.2 cm³/mol. The van der Waals surface area contributed by atoms with Crippen molar-refractivity contribution < 1.29 is 13.9 Å². The molecule has 0 spiro atoms. The van der Waals surface area contributed by atoms with Gasteiger partial charge in [0, 0.05) is 12.2 Å². The second kappa shape index (κ2) is 5.60. The lowest BCUT2D eigenvalue weighted by Crippen LogP contribution is -2.12. The summed E-state index contributed by atoms with van der Waals surface area (Å²) >= 11 is 0. The van der Waals surface area contributed by atoms with Gasteiger partial charge in [-0.1, -0.05) is 18.2 Å². The number of halogens is 2. The smallest absolute Gasteiger partial charge is 0.125 e. The molecule has 1 unspecified atom stereocenters. The third-order valence-electron chi connectivity index (χ3n) is 2.58. The van der Waals surface area contributed by atoms with Crippen molar-refractivity contribution in [2.45, 2.75) is 6.10 Å². The highest BCUT2D eigenvalue weighted by Gasteiger charge is 2.07. The van der Waals surface area contributed by atoms with E-state index in [1.54, 1.807) is 12.1 Å². The van der Waals surface area contributed by atoms with Gasteiger partial charge in [-0.3, -0.25) is 0 Å². The van der Waals surface area contributed by atoms with Crippen LogP contribution in [0.2, 0.25) is 0 Å². The lowest BCUT2D eigenvalue weighted by molar-refractivity contribution is 0.191. The van der Waals surface area contributed by atoms with Crippen LogP contribution in [0.5, 0.6) is 0 Å². The Kier molecular flexibility index (Phi) is 3.89. The second-order valence-electron chi connectivity index (χ2n) is 3.96. The number of anilines is 1. The summed E-state index contributed by atoms with van der Waals surface area (Å²) in [6.45, 7) is 0.231. The van der Waals surface area contributed by atoms with E-state index in [1.165, 1.54) is 36.4 Å².